The fraction of sp³-hybridized carbons (Fsp3) is 0.462. The van der Waals surface area contributed by atoms with Gasteiger partial charge in [-0.1, -0.05) is 11.6 Å². The Hall–Kier alpha value is -0.860. The predicted octanol–water partition coefficient (Wildman–Crippen LogP) is 3.01. The van der Waals surface area contributed by atoms with E-state index in [0.717, 1.165) is 5.56 Å². The smallest absolute Gasteiger partial charge is 0.179 e. The Morgan fingerprint density at radius 1 is 1.38 bits per heavy atom. The van der Waals surface area contributed by atoms with E-state index in [-0.39, 0.29) is 11.8 Å². The molecular weight excluding hydrogens is 222 g/mol. The van der Waals surface area contributed by atoms with Crippen molar-refractivity contribution in [1.82, 2.24) is 4.90 Å². The van der Waals surface area contributed by atoms with Crippen LogP contribution in [0.3, 0.4) is 0 Å². The van der Waals surface area contributed by atoms with E-state index in [1.165, 1.54) is 12.8 Å². The summed E-state index contributed by atoms with van der Waals surface area (Å²) in [5.41, 5.74) is 0.740. The first-order valence-electron chi connectivity index (χ1n) is 5.61. The van der Waals surface area contributed by atoms with Crippen LogP contribution in [0.4, 0.5) is 0 Å². The summed E-state index contributed by atoms with van der Waals surface area (Å²) in [5.74, 6) is 0.172. The minimum Gasteiger partial charge on any atom is -0.294 e. The van der Waals surface area contributed by atoms with Crippen LogP contribution in [0.5, 0.6) is 0 Å². The molecule has 3 heteroatoms. The van der Waals surface area contributed by atoms with Crippen molar-refractivity contribution in [3.8, 4) is 0 Å². The van der Waals surface area contributed by atoms with Crippen LogP contribution in [0.2, 0.25) is 5.02 Å². The van der Waals surface area contributed by atoms with Gasteiger partial charge in [0.15, 0.2) is 5.78 Å². The molecule has 1 aliphatic rings. The number of hydrogen-bond acceptors (Lipinski definition) is 2. The van der Waals surface area contributed by atoms with Crippen molar-refractivity contribution in [2.75, 3.05) is 7.05 Å². The molecule has 2 rings (SSSR count). The molecule has 1 fully saturated rings. The first kappa shape index (κ1) is 11.6. The number of Topliss-reactive ketones (excluding diaryl/α,β-unsaturated/α-hetero) is 1. The summed E-state index contributed by atoms with van der Waals surface area (Å²) in [4.78, 5) is 14.3. The zero-order valence-electron chi connectivity index (χ0n) is 9.61. The molecule has 1 aromatic carbocycles. The molecule has 0 spiro atoms. The minimum atomic E-state index is -0.0475. The Morgan fingerprint density at radius 3 is 2.44 bits per heavy atom. The SMILES string of the molecule is CC(C(=O)c1ccc(Cl)cc1)N(C)C1CC1. The second kappa shape index (κ2) is 4.56. The van der Waals surface area contributed by atoms with Crippen molar-refractivity contribution in [2.45, 2.75) is 31.8 Å². The van der Waals surface area contributed by atoms with E-state index in [0.29, 0.717) is 11.1 Å². The van der Waals surface area contributed by atoms with Gasteiger partial charge in [-0.3, -0.25) is 9.69 Å². The second-order valence-corrected chi connectivity index (χ2v) is 4.88. The molecule has 0 radical (unpaired) electrons. The summed E-state index contributed by atoms with van der Waals surface area (Å²) in [5, 5.41) is 0.666. The molecule has 1 aliphatic carbocycles. The fourth-order valence-electron chi connectivity index (χ4n) is 1.84. The number of likely N-dealkylation sites (N-methyl/N-ethyl adjacent to an activating group) is 1. The molecule has 86 valence electrons. The zero-order valence-corrected chi connectivity index (χ0v) is 10.4. The number of halogens is 1. The van der Waals surface area contributed by atoms with Gasteiger partial charge < -0.3 is 0 Å². The average Bonchev–Trinajstić information content (AvgIpc) is 3.11. The molecule has 1 unspecified atom stereocenters. The standard InChI is InChI=1S/C13H16ClNO/c1-9(15(2)12-7-8-12)13(16)10-3-5-11(14)6-4-10/h3-6,9,12H,7-8H2,1-2H3. The van der Waals surface area contributed by atoms with E-state index in [9.17, 15) is 4.79 Å². The number of nitrogens with zero attached hydrogens (tertiary/aromatic N) is 1. The van der Waals surface area contributed by atoms with Crippen LogP contribution in [-0.4, -0.2) is 29.8 Å². The lowest BCUT2D eigenvalue weighted by molar-refractivity contribution is 0.0861. The summed E-state index contributed by atoms with van der Waals surface area (Å²) in [6, 6.07) is 7.67. The predicted molar refractivity (Wildman–Crippen MR) is 66.0 cm³/mol. The quantitative estimate of drug-likeness (QED) is 0.751. The Bertz CT molecular complexity index is 383. The Kier molecular flexibility index (Phi) is 3.31. The monoisotopic (exact) mass is 237 g/mol. The maximum absolute atomic E-state index is 12.1. The Morgan fingerprint density at radius 2 is 1.94 bits per heavy atom. The lowest BCUT2D eigenvalue weighted by Crippen LogP contribution is -2.37. The first-order valence-corrected chi connectivity index (χ1v) is 5.99. The third-order valence-electron chi connectivity index (χ3n) is 3.24. The highest BCUT2D eigenvalue weighted by molar-refractivity contribution is 6.30. The van der Waals surface area contributed by atoms with Crippen molar-refractivity contribution in [1.29, 1.82) is 0 Å². The van der Waals surface area contributed by atoms with E-state index in [1.807, 2.05) is 14.0 Å². The molecule has 1 aromatic rings. The van der Waals surface area contributed by atoms with E-state index in [2.05, 4.69) is 4.90 Å². The van der Waals surface area contributed by atoms with Gasteiger partial charge in [-0.25, -0.2) is 0 Å². The average molecular weight is 238 g/mol. The van der Waals surface area contributed by atoms with Crippen LogP contribution in [0.1, 0.15) is 30.1 Å². The van der Waals surface area contributed by atoms with Crippen LogP contribution < -0.4 is 0 Å². The van der Waals surface area contributed by atoms with E-state index in [4.69, 9.17) is 11.6 Å². The summed E-state index contributed by atoms with van der Waals surface area (Å²) in [6.07, 6.45) is 2.43. The number of carbonyl (C=O) groups excluding carboxylic acids is 1. The van der Waals surface area contributed by atoms with Crippen LogP contribution in [-0.2, 0) is 0 Å². The van der Waals surface area contributed by atoms with Crippen LogP contribution >= 0.6 is 11.6 Å². The maximum atomic E-state index is 12.1. The van der Waals surface area contributed by atoms with E-state index < -0.39 is 0 Å². The normalized spacial score (nSPS) is 17.5. The summed E-state index contributed by atoms with van der Waals surface area (Å²) in [6.45, 7) is 1.97. The number of rotatable bonds is 4. The molecule has 0 N–H and O–H groups in total. The highest BCUT2D eigenvalue weighted by Crippen LogP contribution is 2.27. The van der Waals surface area contributed by atoms with Crippen LogP contribution in [0, 0.1) is 0 Å². The topological polar surface area (TPSA) is 20.3 Å². The van der Waals surface area contributed by atoms with Gasteiger partial charge >= 0.3 is 0 Å². The summed E-state index contributed by atoms with van der Waals surface area (Å²) < 4.78 is 0. The van der Waals surface area contributed by atoms with Crippen molar-refractivity contribution in [2.24, 2.45) is 0 Å². The van der Waals surface area contributed by atoms with Crippen molar-refractivity contribution < 1.29 is 4.79 Å². The number of benzene rings is 1. The molecule has 0 bridgehead atoms. The molecule has 0 aliphatic heterocycles. The number of hydrogen-bond donors (Lipinski definition) is 0. The largest absolute Gasteiger partial charge is 0.294 e. The van der Waals surface area contributed by atoms with Gasteiger partial charge in [-0.15, -0.1) is 0 Å². The van der Waals surface area contributed by atoms with Gasteiger partial charge in [0.25, 0.3) is 0 Å². The number of carbonyl (C=O) groups is 1. The fourth-order valence-corrected chi connectivity index (χ4v) is 1.96. The Balaban J connectivity index is 2.08. The van der Waals surface area contributed by atoms with Gasteiger partial charge in [0, 0.05) is 16.6 Å². The van der Waals surface area contributed by atoms with Crippen molar-refractivity contribution in [3.63, 3.8) is 0 Å². The molecule has 0 saturated heterocycles. The molecule has 0 heterocycles. The van der Waals surface area contributed by atoms with Crippen molar-refractivity contribution in [3.05, 3.63) is 34.9 Å². The van der Waals surface area contributed by atoms with Gasteiger partial charge in [-0.2, -0.15) is 0 Å². The summed E-state index contributed by atoms with van der Waals surface area (Å²) >= 11 is 5.80. The van der Waals surface area contributed by atoms with Gasteiger partial charge in [0.1, 0.15) is 0 Å². The Labute approximate surface area is 101 Å². The third kappa shape index (κ3) is 2.45. The van der Waals surface area contributed by atoms with Gasteiger partial charge in [-0.05, 0) is 51.1 Å². The van der Waals surface area contributed by atoms with Crippen LogP contribution in [0.25, 0.3) is 0 Å². The molecule has 0 aromatic heterocycles. The molecule has 1 saturated carbocycles. The van der Waals surface area contributed by atoms with Gasteiger partial charge in [0.05, 0.1) is 6.04 Å². The molecule has 16 heavy (non-hydrogen) atoms. The maximum Gasteiger partial charge on any atom is 0.179 e. The molecule has 2 nitrogen and oxygen atoms in total. The van der Waals surface area contributed by atoms with Gasteiger partial charge in [0.2, 0.25) is 0 Å². The molecule has 1 atom stereocenters. The highest BCUT2D eigenvalue weighted by Gasteiger charge is 2.32. The highest BCUT2D eigenvalue weighted by atomic mass is 35.5. The lowest BCUT2D eigenvalue weighted by atomic mass is 10.0. The first-order chi connectivity index (χ1) is 7.59. The second-order valence-electron chi connectivity index (χ2n) is 4.44. The third-order valence-corrected chi connectivity index (χ3v) is 3.49. The van der Waals surface area contributed by atoms with Crippen molar-refractivity contribution >= 4 is 17.4 Å². The summed E-state index contributed by atoms with van der Waals surface area (Å²) in [7, 11) is 2.02. The molecule has 0 amide bonds. The van der Waals surface area contributed by atoms with Crippen LogP contribution in [0.15, 0.2) is 24.3 Å². The van der Waals surface area contributed by atoms with E-state index in [1.54, 1.807) is 24.3 Å². The minimum absolute atomic E-state index is 0.0475. The van der Waals surface area contributed by atoms with E-state index >= 15 is 0 Å². The number of ketones is 1. The molecular formula is C13H16ClNO. The zero-order chi connectivity index (χ0) is 11.7. The lowest BCUT2D eigenvalue weighted by Gasteiger charge is -2.23.